The monoisotopic (exact) mass is 188 g/mol. The van der Waals surface area contributed by atoms with Gasteiger partial charge in [0.05, 0.1) is 5.60 Å². The van der Waals surface area contributed by atoms with Gasteiger partial charge >= 0.3 is 0 Å². The second-order valence-electron chi connectivity index (χ2n) is 3.38. The zero-order valence-corrected chi connectivity index (χ0v) is 8.89. The Labute approximate surface area is 79.8 Å². The highest BCUT2D eigenvalue weighted by molar-refractivity contribution is 5.80. The summed E-state index contributed by atoms with van der Waals surface area (Å²) in [7, 11) is 1.59. The first kappa shape index (κ1) is 12.4. The maximum Gasteiger partial charge on any atom is 0.248 e. The van der Waals surface area contributed by atoms with Crippen LogP contribution in [-0.4, -0.2) is 31.2 Å². The summed E-state index contributed by atoms with van der Waals surface area (Å²) < 4.78 is 5.55. The Morgan fingerprint density at radius 1 is 1.69 bits per heavy atom. The van der Waals surface area contributed by atoms with Crippen molar-refractivity contribution in [3.63, 3.8) is 0 Å². The van der Waals surface area contributed by atoms with Gasteiger partial charge in [0.25, 0.3) is 0 Å². The molecule has 78 valence electrons. The van der Waals surface area contributed by atoms with Crippen LogP contribution in [0.2, 0.25) is 0 Å². The van der Waals surface area contributed by atoms with Crippen molar-refractivity contribution in [3.8, 4) is 0 Å². The molecule has 2 atom stereocenters. The van der Waals surface area contributed by atoms with Crippen LogP contribution in [0.15, 0.2) is 0 Å². The molecular formula is C9H20N2O2. The number of likely N-dealkylation sites (N-methyl/N-ethyl adjacent to an activating group) is 1. The van der Waals surface area contributed by atoms with Crippen LogP contribution in [0, 0.1) is 0 Å². The molecule has 0 aromatic rings. The highest BCUT2D eigenvalue weighted by atomic mass is 16.5. The quantitative estimate of drug-likeness (QED) is 0.650. The summed E-state index contributed by atoms with van der Waals surface area (Å²) in [5.41, 5.74) is 5.15. The first-order valence-corrected chi connectivity index (χ1v) is 4.58. The summed E-state index contributed by atoms with van der Waals surface area (Å²) in [6, 6.07) is 0. The molecular weight excluding hydrogens is 168 g/mol. The average molecular weight is 188 g/mol. The van der Waals surface area contributed by atoms with Gasteiger partial charge in [0.1, 0.15) is 6.10 Å². The van der Waals surface area contributed by atoms with E-state index in [1.54, 1.807) is 14.0 Å². The number of amides is 1. The van der Waals surface area contributed by atoms with Gasteiger partial charge in [-0.05, 0) is 20.3 Å². The molecule has 0 aliphatic heterocycles. The summed E-state index contributed by atoms with van der Waals surface area (Å²) in [5.74, 6) is -0.117. The number of ether oxygens (including phenoxy) is 1. The minimum atomic E-state index is -0.446. The van der Waals surface area contributed by atoms with Crippen molar-refractivity contribution < 1.29 is 9.53 Å². The van der Waals surface area contributed by atoms with E-state index in [4.69, 9.17) is 10.5 Å². The van der Waals surface area contributed by atoms with Crippen LogP contribution >= 0.6 is 0 Å². The number of rotatable bonds is 5. The molecule has 0 heterocycles. The van der Waals surface area contributed by atoms with Gasteiger partial charge in [0.15, 0.2) is 0 Å². The van der Waals surface area contributed by atoms with Crippen LogP contribution in [-0.2, 0) is 9.53 Å². The van der Waals surface area contributed by atoms with Crippen LogP contribution in [0.25, 0.3) is 0 Å². The van der Waals surface area contributed by atoms with E-state index in [0.717, 1.165) is 6.42 Å². The lowest BCUT2D eigenvalue weighted by atomic mass is 10.0. The van der Waals surface area contributed by atoms with Crippen molar-refractivity contribution in [1.29, 1.82) is 0 Å². The van der Waals surface area contributed by atoms with Crippen LogP contribution in [0.4, 0.5) is 0 Å². The minimum Gasteiger partial charge on any atom is -0.361 e. The summed E-state index contributed by atoms with van der Waals surface area (Å²) in [5, 5.41) is 2.53. The minimum absolute atomic E-state index is 0.117. The fourth-order valence-electron chi connectivity index (χ4n) is 0.959. The van der Waals surface area contributed by atoms with Crippen molar-refractivity contribution in [1.82, 2.24) is 5.32 Å². The maximum absolute atomic E-state index is 11.1. The summed E-state index contributed by atoms with van der Waals surface area (Å²) >= 11 is 0. The molecule has 0 spiro atoms. The predicted molar refractivity (Wildman–Crippen MR) is 52.4 cm³/mol. The lowest BCUT2D eigenvalue weighted by Gasteiger charge is -2.29. The number of nitrogens with one attached hydrogen (secondary N) is 1. The van der Waals surface area contributed by atoms with Crippen LogP contribution < -0.4 is 11.1 Å². The van der Waals surface area contributed by atoms with Crippen LogP contribution in [0.5, 0.6) is 0 Å². The molecule has 0 saturated heterocycles. The van der Waals surface area contributed by atoms with E-state index in [0.29, 0.717) is 6.54 Å². The number of hydrogen-bond acceptors (Lipinski definition) is 3. The highest BCUT2D eigenvalue weighted by Gasteiger charge is 2.26. The van der Waals surface area contributed by atoms with E-state index in [1.807, 2.05) is 13.8 Å². The molecule has 4 heteroatoms. The smallest absolute Gasteiger partial charge is 0.248 e. The highest BCUT2D eigenvalue weighted by Crippen LogP contribution is 2.15. The van der Waals surface area contributed by atoms with E-state index in [1.165, 1.54) is 0 Å². The lowest BCUT2D eigenvalue weighted by molar-refractivity contribution is -0.142. The Morgan fingerprint density at radius 2 is 2.23 bits per heavy atom. The standard InChI is InChI=1S/C9H20N2O2/c1-5-9(3,6-10)13-7(2)8(12)11-4/h7H,5-6,10H2,1-4H3,(H,11,12). The van der Waals surface area contributed by atoms with Gasteiger partial charge in [0, 0.05) is 13.6 Å². The maximum atomic E-state index is 11.1. The summed E-state index contributed by atoms with van der Waals surface area (Å²) in [6.45, 7) is 6.04. The molecule has 1 amide bonds. The first-order valence-electron chi connectivity index (χ1n) is 4.58. The van der Waals surface area contributed by atoms with Crippen molar-refractivity contribution in [3.05, 3.63) is 0 Å². The van der Waals surface area contributed by atoms with E-state index in [-0.39, 0.29) is 5.91 Å². The Morgan fingerprint density at radius 3 is 2.54 bits per heavy atom. The molecule has 0 fully saturated rings. The Bertz CT molecular complexity index is 167. The SMILES string of the molecule is CCC(C)(CN)OC(C)C(=O)NC. The first-order chi connectivity index (χ1) is 5.99. The van der Waals surface area contributed by atoms with Gasteiger partial charge in [-0.3, -0.25) is 4.79 Å². The van der Waals surface area contributed by atoms with Crippen molar-refractivity contribution >= 4 is 5.91 Å². The second-order valence-corrected chi connectivity index (χ2v) is 3.38. The normalized spacial score (nSPS) is 17.6. The number of nitrogens with two attached hydrogens (primary N) is 1. The zero-order chi connectivity index (χ0) is 10.5. The molecule has 0 aliphatic rings. The molecule has 4 nitrogen and oxygen atoms in total. The average Bonchev–Trinajstić information content (AvgIpc) is 2.16. The molecule has 3 N–H and O–H groups in total. The molecule has 0 aliphatic carbocycles. The summed E-state index contributed by atoms with van der Waals surface area (Å²) in [6.07, 6.45) is 0.351. The third-order valence-corrected chi connectivity index (χ3v) is 2.26. The topological polar surface area (TPSA) is 64.3 Å². The van der Waals surface area contributed by atoms with Gasteiger partial charge in [-0.25, -0.2) is 0 Å². The Balaban J connectivity index is 4.16. The fourth-order valence-corrected chi connectivity index (χ4v) is 0.959. The van der Waals surface area contributed by atoms with Gasteiger partial charge in [-0.1, -0.05) is 6.92 Å². The van der Waals surface area contributed by atoms with Crippen molar-refractivity contribution in [2.24, 2.45) is 5.73 Å². The van der Waals surface area contributed by atoms with Gasteiger partial charge in [-0.15, -0.1) is 0 Å². The number of hydrogen-bond donors (Lipinski definition) is 2. The van der Waals surface area contributed by atoms with E-state index < -0.39 is 11.7 Å². The van der Waals surface area contributed by atoms with Gasteiger partial charge < -0.3 is 15.8 Å². The van der Waals surface area contributed by atoms with Crippen molar-refractivity contribution in [2.75, 3.05) is 13.6 Å². The summed E-state index contributed by atoms with van der Waals surface area (Å²) in [4.78, 5) is 11.1. The molecule has 0 saturated carbocycles. The van der Waals surface area contributed by atoms with E-state index >= 15 is 0 Å². The largest absolute Gasteiger partial charge is 0.361 e. The fraction of sp³-hybridized carbons (Fsp3) is 0.889. The van der Waals surface area contributed by atoms with Crippen LogP contribution in [0.1, 0.15) is 27.2 Å². The Hall–Kier alpha value is -0.610. The number of carbonyl (C=O) groups is 1. The molecule has 0 aromatic heterocycles. The van der Waals surface area contributed by atoms with Gasteiger partial charge in [0.2, 0.25) is 5.91 Å². The lowest BCUT2D eigenvalue weighted by Crippen LogP contribution is -2.44. The van der Waals surface area contributed by atoms with Gasteiger partial charge in [-0.2, -0.15) is 0 Å². The zero-order valence-electron chi connectivity index (χ0n) is 8.89. The molecule has 2 unspecified atom stereocenters. The van der Waals surface area contributed by atoms with Crippen LogP contribution in [0.3, 0.4) is 0 Å². The Kier molecular flexibility index (Phi) is 4.95. The third-order valence-electron chi connectivity index (χ3n) is 2.26. The van der Waals surface area contributed by atoms with E-state index in [9.17, 15) is 4.79 Å². The molecule has 0 bridgehead atoms. The molecule has 13 heavy (non-hydrogen) atoms. The molecule has 0 aromatic carbocycles. The molecule has 0 rings (SSSR count). The second kappa shape index (κ2) is 5.19. The number of carbonyl (C=O) groups excluding carboxylic acids is 1. The molecule has 0 radical (unpaired) electrons. The third kappa shape index (κ3) is 3.74. The van der Waals surface area contributed by atoms with E-state index in [2.05, 4.69) is 5.32 Å². The van der Waals surface area contributed by atoms with Crippen molar-refractivity contribution in [2.45, 2.75) is 38.9 Å². The predicted octanol–water partition coefficient (Wildman–Crippen LogP) is 0.265.